The number of benzene rings is 11. The number of para-hydroxylation sites is 2. The molecule has 0 saturated heterocycles. The minimum atomic E-state index is 0.901. The summed E-state index contributed by atoms with van der Waals surface area (Å²) in [6, 6.07) is 87.9. The van der Waals surface area contributed by atoms with E-state index < -0.39 is 0 Å². The summed E-state index contributed by atoms with van der Waals surface area (Å²) in [4.78, 5) is 2.37. The van der Waals surface area contributed by atoms with Gasteiger partial charge in [-0.2, -0.15) is 0 Å². The van der Waals surface area contributed by atoms with E-state index in [2.05, 4.69) is 240 Å². The van der Waals surface area contributed by atoms with Crippen molar-refractivity contribution in [1.29, 1.82) is 0 Å². The summed E-state index contributed by atoms with van der Waals surface area (Å²) in [5.74, 6) is 0. The third kappa shape index (κ3) is 6.36. The quantitative estimate of drug-likeness (QED) is 0.160. The summed E-state index contributed by atoms with van der Waals surface area (Å²) in [5, 5.41) is 9.57. The highest BCUT2D eigenvalue weighted by Crippen LogP contribution is 2.41. The van der Waals surface area contributed by atoms with Gasteiger partial charge in [-0.25, -0.2) is 0 Å². The van der Waals surface area contributed by atoms with E-state index in [4.69, 9.17) is 4.42 Å². The number of hydrogen-bond donors (Lipinski definition) is 0. The van der Waals surface area contributed by atoms with E-state index in [1.807, 2.05) is 12.1 Å². The molecule has 2 aromatic heterocycles. The van der Waals surface area contributed by atoms with Crippen LogP contribution in [0.15, 0.2) is 247 Å². The van der Waals surface area contributed by atoms with Crippen molar-refractivity contribution in [3.63, 3.8) is 0 Å². The Balaban J connectivity index is 0.860. The molecule has 3 heteroatoms. The van der Waals surface area contributed by atoms with Crippen molar-refractivity contribution in [3.05, 3.63) is 243 Å². The lowest BCUT2D eigenvalue weighted by molar-refractivity contribution is 0.669. The van der Waals surface area contributed by atoms with Crippen molar-refractivity contribution in [1.82, 2.24) is 4.57 Å². The third-order valence-corrected chi connectivity index (χ3v) is 13.1. The number of fused-ring (bicyclic) bond motifs is 8. The molecule has 0 aliphatic rings. The van der Waals surface area contributed by atoms with Gasteiger partial charge in [-0.15, -0.1) is 0 Å². The second-order valence-electron chi connectivity index (χ2n) is 17.0. The number of nitrogens with zero attached hydrogens (tertiary/aromatic N) is 2. The van der Waals surface area contributed by atoms with Crippen LogP contribution in [0.4, 0.5) is 17.1 Å². The van der Waals surface area contributed by atoms with Crippen LogP contribution in [0.3, 0.4) is 0 Å². The van der Waals surface area contributed by atoms with Crippen LogP contribution in [-0.2, 0) is 0 Å². The minimum absolute atomic E-state index is 0.901. The van der Waals surface area contributed by atoms with E-state index in [9.17, 15) is 0 Å². The van der Waals surface area contributed by atoms with Gasteiger partial charge in [-0.1, -0.05) is 152 Å². The standard InChI is InChI=1S/C62H40N2O/c1-2-11-41(12-3-1)47-21-22-49-38-53(31-26-48(49)36-47)63(52-30-25-42-13-4-5-14-46(42)37-52)51-28-23-43(24-29-51)44-15-10-16-45(35-44)50-27-33-60-57(39-50)55-17-6-8-19-59(55)64(60)54-32-34-62-58(40-54)56-18-7-9-20-61(56)65-62/h1-40H. The Morgan fingerprint density at radius 2 is 0.815 bits per heavy atom. The van der Waals surface area contributed by atoms with Gasteiger partial charge in [0.1, 0.15) is 11.2 Å². The number of furan rings is 1. The lowest BCUT2D eigenvalue weighted by Gasteiger charge is -2.26. The molecular weight excluding hydrogens is 789 g/mol. The average Bonchev–Trinajstić information content (AvgIpc) is 3.92. The molecule has 3 nitrogen and oxygen atoms in total. The Labute approximate surface area is 376 Å². The van der Waals surface area contributed by atoms with Crippen LogP contribution in [0.1, 0.15) is 0 Å². The van der Waals surface area contributed by atoms with Crippen LogP contribution >= 0.6 is 0 Å². The maximum Gasteiger partial charge on any atom is 0.135 e. The zero-order valence-corrected chi connectivity index (χ0v) is 35.4. The van der Waals surface area contributed by atoms with Crippen LogP contribution in [-0.4, -0.2) is 4.57 Å². The summed E-state index contributed by atoms with van der Waals surface area (Å²) in [6.07, 6.45) is 0. The molecule has 0 fully saturated rings. The fourth-order valence-corrected chi connectivity index (χ4v) is 9.91. The van der Waals surface area contributed by atoms with Crippen molar-refractivity contribution >= 4 is 82.4 Å². The number of rotatable bonds is 7. The van der Waals surface area contributed by atoms with Crippen LogP contribution in [0.5, 0.6) is 0 Å². The Hall–Kier alpha value is -8.66. The van der Waals surface area contributed by atoms with Gasteiger partial charge in [0, 0.05) is 44.3 Å². The molecule has 0 spiro atoms. The average molecular weight is 829 g/mol. The molecule has 13 aromatic rings. The topological polar surface area (TPSA) is 21.3 Å². The first kappa shape index (κ1) is 36.9. The molecule has 0 unspecified atom stereocenters. The van der Waals surface area contributed by atoms with Crippen molar-refractivity contribution in [2.75, 3.05) is 4.90 Å². The van der Waals surface area contributed by atoms with Gasteiger partial charge in [-0.05, 0) is 146 Å². The van der Waals surface area contributed by atoms with Crippen molar-refractivity contribution < 1.29 is 4.42 Å². The fourth-order valence-electron chi connectivity index (χ4n) is 9.91. The summed E-state index contributed by atoms with van der Waals surface area (Å²) in [5.41, 5.74) is 15.8. The molecule has 304 valence electrons. The van der Waals surface area contributed by atoms with E-state index in [1.165, 1.54) is 76.7 Å². The first-order chi connectivity index (χ1) is 32.2. The van der Waals surface area contributed by atoms with E-state index in [0.29, 0.717) is 0 Å². The van der Waals surface area contributed by atoms with Crippen molar-refractivity contribution in [2.45, 2.75) is 0 Å². The van der Waals surface area contributed by atoms with Gasteiger partial charge in [0.05, 0.1) is 11.0 Å². The zero-order chi connectivity index (χ0) is 42.8. The van der Waals surface area contributed by atoms with Crippen LogP contribution in [0, 0.1) is 0 Å². The third-order valence-electron chi connectivity index (χ3n) is 13.1. The highest BCUT2D eigenvalue weighted by Gasteiger charge is 2.17. The fraction of sp³-hybridized carbons (Fsp3) is 0. The SMILES string of the molecule is c1ccc(-c2ccc3cc(N(c4ccc(-c5cccc(-c6ccc7c(c6)c6ccccc6n7-c6ccc7oc8ccccc8c7c6)c5)cc4)c4ccc5ccccc5c4)ccc3c2)cc1. The van der Waals surface area contributed by atoms with E-state index in [0.717, 1.165) is 44.7 Å². The summed E-state index contributed by atoms with van der Waals surface area (Å²) in [7, 11) is 0. The van der Waals surface area contributed by atoms with Crippen LogP contribution in [0.2, 0.25) is 0 Å². The molecule has 0 radical (unpaired) electrons. The molecule has 0 amide bonds. The molecule has 0 aliphatic heterocycles. The number of hydrogen-bond acceptors (Lipinski definition) is 2. The van der Waals surface area contributed by atoms with Gasteiger partial charge < -0.3 is 13.9 Å². The Morgan fingerprint density at radius 1 is 0.277 bits per heavy atom. The second kappa shape index (κ2) is 15.0. The number of aromatic nitrogens is 1. The van der Waals surface area contributed by atoms with E-state index in [-0.39, 0.29) is 0 Å². The van der Waals surface area contributed by atoms with Gasteiger partial charge in [0.25, 0.3) is 0 Å². The van der Waals surface area contributed by atoms with Gasteiger partial charge in [0.15, 0.2) is 0 Å². The Morgan fingerprint density at radius 3 is 1.66 bits per heavy atom. The summed E-state index contributed by atoms with van der Waals surface area (Å²) < 4.78 is 8.57. The molecule has 0 atom stereocenters. The Bertz CT molecular complexity index is 3950. The second-order valence-corrected chi connectivity index (χ2v) is 17.0. The number of anilines is 3. The predicted octanol–water partition coefficient (Wildman–Crippen LogP) is 17.5. The molecule has 2 heterocycles. The summed E-state index contributed by atoms with van der Waals surface area (Å²) in [6.45, 7) is 0. The lowest BCUT2D eigenvalue weighted by atomic mass is 9.97. The maximum absolute atomic E-state index is 6.19. The Kier molecular flexibility index (Phi) is 8.53. The molecule has 0 N–H and O–H groups in total. The van der Waals surface area contributed by atoms with Crippen molar-refractivity contribution in [2.24, 2.45) is 0 Å². The molecule has 0 aliphatic carbocycles. The highest BCUT2D eigenvalue weighted by molar-refractivity contribution is 6.11. The largest absolute Gasteiger partial charge is 0.456 e. The highest BCUT2D eigenvalue weighted by atomic mass is 16.3. The zero-order valence-electron chi connectivity index (χ0n) is 35.4. The monoisotopic (exact) mass is 828 g/mol. The molecule has 13 rings (SSSR count). The van der Waals surface area contributed by atoms with Crippen molar-refractivity contribution in [3.8, 4) is 39.1 Å². The first-order valence-electron chi connectivity index (χ1n) is 22.2. The summed E-state index contributed by atoms with van der Waals surface area (Å²) >= 11 is 0. The molecule has 0 bridgehead atoms. The van der Waals surface area contributed by atoms with E-state index in [1.54, 1.807) is 0 Å². The normalized spacial score (nSPS) is 11.7. The smallest absolute Gasteiger partial charge is 0.135 e. The predicted molar refractivity (Wildman–Crippen MR) is 274 cm³/mol. The molecular formula is C62H40N2O. The van der Waals surface area contributed by atoms with Crippen LogP contribution in [0.25, 0.3) is 104 Å². The first-order valence-corrected chi connectivity index (χ1v) is 22.2. The lowest BCUT2D eigenvalue weighted by Crippen LogP contribution is -2.09. The molecule has 0 saturated carbocycles. The minimum Gasteiger partial charge on any atom is -0.456 e. The molecule has 11 aromatic carbocycles. The maximum atomic E-state index is 6.19. The van der Waals surface area contributed by atoms with Gasteiger partial charge in [-0.3, -0.25) is 0 Å². The van der Waals surface area contributed by atoms with Gasteiger partial charge in [0.2, 0.25) is 0 Å². The van der Waals surface area contributed by atoms with E-state index >= 15 is 0 Å². The van der Waals surface area contributed by atoms with Crippen LogP contribution < -0.4 is 4.90 Å². The molecule has 65 heavy (non-hydrogen) atoms. The van der Waals surface area contributed by atoms with Gasteiger partial charge >= 0.3 is 0 Å².